The van der Waals surface area contributed by atoms with Crippen molar-refractivity contribution in [3.05, 3.63) is 532 Å². The van der Waals surface area contributed by atoms with E-state index in [0.717, 1.165) is 113 Å². The summed E-state index contributed by atoms with van der Waals surface area (Å²) >= 11 is 0. The summed E-state index contributed by atoms with van der Waals surface area (Å²) in [4.78, 5) is 35.1. The molecule has 8 heterocycles. The molecule has 642 valence electrons. The average molecular weight is 2380 g/mol. The van der Waals surface area contributed by atoms with Crippen LogP contribution < -0.4 is 0 Å². The van der Waals surface area contributed by atoms with Crippen molar-refractivity contribution in [3.63, 3.8) is 0 Å². The normalized spacial score (nSPS) is 9.81. The number of hydrogen-bond donors (Lipinski definition) is 0. The third kappa shape index (κ3) is 32.1. The number of pyridine rings is 8. The van der Waals surface area contributed by atoms with Crippen molar-refractivity contribution in [1.82, 2.24) is 39.9 Å². The fraction of sp³-hybridized carbons (Fsp3) is 0.0427. The Morgan fingerprint density at radius 3 is 0.775 bits per heavy atom. The number of hydrogen-bond acceptors (Lipinski definition) is 8. The molecule has 0 unspecified atom stereocenters. The quantitative estimate of drug-likeness (QED) is 0.111. The van der Waals surface area contributed by atoms with Crippen molar-refractivity contribution in [1.29, 1.82) is 0 Å². The first-order valence-electron chi connectivity index (χ1n) is 41.2. The summed E-state index contributed by atoms with van der Waals surface area (Å²) in [6, 6.07) is 167. The van der Waals surface area contributed by atoms with Crippen LogP contribution in [0.1, 0.15) is 28.2 Å². The van der Waals surface area contributed by atoms with E-state index in [0.29, 0.717) is 0 Å². The van der Waals surface area contributed by atoms with Crippen LogP contribution in [0.25, 0.3) is 135 Å². The van der Waals surface area contributed by atoms with Crippen LogP contribution in [0.2, 0.25) is 0 Å². The molecule has 12 heteroatoms. The molecule has 0 saturated heterocycles. The molecule has 0 saturated carbocycles. The summed E-state index contributed by atoms with van der Waals surface area (Å²) in [5, 5.41) is 0. The minimum Gasteiger partial charge on any atom is -0.305 e. The summed E-state index contributed by atoms with van der Waals surface area (Å²) in [5.41, 5.74) is 31.1. The van der Waals surface area contributed by atoms with E-state index in [-0.39, 0.29) is 80.4 Å². The second-order valence-corrected chi connectivity index (χ2v) is 28.6. The zero-order chi connectivity index (χ0) is 86.1. The molecule has 12 aromatic carbocycles. The molecule has 0 fully saturated rings. The predicted octanol–water partition coefficient (Wildman–Crippen LogP) is 28.6. The third-order valence-corrected chi connectivity index (χ3v) is 19.2. The van der Waals surface area contributed by atoms with Crippen molar-refractivity contribution in [3.8, 4) is 135 Å². The van der Waals surface area contributed by atoms with Crippen LogP contribution in [0.15, 0.2) is 456 Å². The Morgan fingerprint density at radius 1 is 0.171 bits per heavy atom. The molecule has 0 atom stereocenters. The topological polar surface area (TPSA) is 103 Å². The van der Waals surface area contributed by atoms with Gasteiger partial charge in [-0.25, -0.2) is 0 Å². The maximum Gasteiger partial charge on any atom is 0.0266 e. The van der Waals surface area contributed by atoms with Gasteiger partial charge in [-0.05, 0) is 139 Å². The van der Waals surface area contributed by atoms with Crippen LogP contribution in [0, 0.1) is 83.1 Å². The molecule has 129 heavy (non-hydrogen) atoms. The molecule has 0 spiro atoms. The van der Waals surface area contributed by atoms with Crippen molar-refractivity contribution in [2.75, 3.05) is 0 Å². The minimum absolute atomic E-state index is 0. The Balaban J connectivity index is 0.000000167. The summed E-state index contributed by atoms with van der Waals surface area (Å²) < 4.78 is 0. The van der Waals surface area contributed by atoms with Crippen molar-refractivity contribution in [2.24, 2.45) is 0 Å². The fourth-order valence-electron chi connectivity index (χ4n) is 12.8. The Morgan fingerprint density at radius 2 is 0.465 bits per heavy atom. The maximum atomic E-state index is 4.49. The second kappa shape index (κ2) is 54.5. The fourth-order valence-corrected chi connectivity index (χ4v) is 12.8. The average Bonchev–Trinajstić information content (AvgIpc) is 0.857. The van der Waals surface area contributed by atoms with Crippen LogP contribution >= 0.6 is 0 Å². The SMILES string of the molecule is Cc1cccc(-c2[c-]cccc2)n1.Cc1cccc(-c2[c-]cccc2)n1.Cc1cccc(-c2[c-]cccc2)n1.Cc1ccnc(-c2[c-]cc(-c3ccccc3)cc2)c1.Cc1ccnc(-c2[c-]cc(-c3ccccc3)cc2)c1.[Ir].[Ir].[Ir].[Ir].[c-]1ccc(-c2ccccc2)cc1-c1ccccn1.[c-]1ccccc1-c1ccc(-c2ccccc2)cn1.[c-]1ccccc1-c1ccccn1. The monoisotopic (exact) mass is 2380 g/mol. The third-order valence-electron chi connectivity index (χ3n) is 19.2. The number of nitrogens with zero attached hydrogens (tertiary/aromatic N) is 8. The van der Waals surface area contributed by atoms with Gasteiger partial charge in [-0.2, -0.15) is 0 Å². The van der Waals surface area contributed by atoms with Gasteiger partial charge in [0, 0.05) is 128 Å². The number of aromatic nitrogens is 8. The first kappa shape index (κ1) is 99.2. The Bertz CT molecular complexity index is 6040. The van der Waals surface area contributed by atoms with Gasteiger partial charge in [0.1, 0.15) is 0 Å². The largest absolute Gasteiger partial charge is 0.305 e. The molecule has 20 rings (SSSR count). The number of aryl methyl sites for hydroxylation is 5. The minimum atomic E-state index is 0. The standard InChI is InChI=1S/2C18H14N.2C17H12N.3C12H10N.C11H8N.4Ir/c2*1-14-11-12-19-18(13-14)17-9-7-16(8-10-17)15-5-3-2-4-6-15;1-3-7-14(8-4-1)16-11-12-17(18-13-16)15-9-5-2-6-10-15;1-2-7-14(8-3-1)15-9-6-10-16(13-15)17-11-4-5-12-18-17;3*1-10-6-5-9-12(13-10)11-7-3-2-4-8-11;1-2-6-10(7-3-1)11-8-4-5-9-12-11;;;;/h2*2-9,11-13H,1H3;2*1-9,11-13H;3*2-7,9H,1H3;1-6,8-9H;;;;/q8*-1;;;;. The van der Waals surface area contributed by atoms with Crippen molar-refractivity contribution in [2.45, 2.75) is 34.6 Å². The van der Waals surface area contributed by atoms with Gasteiger partial charge in [0.15, 0.2) is 0 Å². The van der Waals surface area contributed by atoms with E-state index in [2.05, 4.69) is 205 Å². The summed E-state index contributed by atoms with van der Waals surface area (Å²) in [5.74, 6) is 0. The smallest absolute Gasteiger partial charge is 0.0266 e. The molecule has 8 aromatic heterocycles. The molecule has 0 amide bonds. The predicted molar refractivity (Wildman–Crippen MR) is 514 cm³/mol. The second-order valence-electron chi connectivity index (χ2n) is 28.6. The number of rotatable bonds is 12. The summed E-state index contributed by atoms with van der Waals surface area (Å²) in [6.07, 6.45) is 9.17. The van der Waals surface area contributed by atoms with Crippen LogP contribution in [0.4, 0.5) is 0 Å². The van der Waals surface area contributed by atoms with Crippen LogP contribution in [-0.4, -0.2) is 39.9 Å². The van der Waals surface area contributed by atoms with Gasteiger partial charge in [-0.3, -0.25) is 0 Å². The zero-order valence-electron chi connectivity index (χ0n) is 71.7. The van der Waals surface area contributed by atoms with Crippen LogP contribution in [-0.2, 0) is 80.4 Å². The molecule has 4 radical (unpaired) electrons. The van der Waals surface area contributed by atoms with E-state index in [1.165, 1.54) is 50.1 Å². The Labute approximate surface area is 814 Å². The summed E-state index contributed by atoms with van der Waals surface area (Å²) in [6.45, 7) is 10.1. The molecule has 0 aliphatic carbocycles. The van der Waals surface area contributed by atoms with Gasteiger partial charge in [0.2, 0.25) is 0 Å². The first-order valence-corrected chi connectivity index (χ1v) is 41.2. The Kier molecular flexibility index (Phi) is 41.9. The van der Waals surface area contributed by atoms with Gasteiger partial charge in [0.25, 0.3) is 0 Å². The molecule has 0 bridgehead atoms. The van der Waals surface area contributed by atoms with Crippen LogP contribution in [0.3, 0.4) is 0 Å². The van der Waals surface area contributed by atoms with Crippen molar-refractivity contribution < 1.29 is 80.4 Å². The first-order chi connectivity index (χ1) is 61.6. The molecular formula is C117H90Ir4N8-8. The number of benzene rings is 12. The van der Waals surface area contributed by atoms with Gasteiger partial charge in [-0.15, -0.1) is 275 Å². The molecule has 20 aromatic rings. The zero-order valence-corrected chi connectivity index (χ0v) is 81.3. The summed E-state index contributed by atoms with van der Waals surface area (Å²) in [7, 11) is 0. The molecular weight excluding hydrogens is 2290 g/mol. The van der Waals surface area contributed by atoms with E-state index >= 15 is 0 Å². The van der Waals surface area contributed by atoms with E-state index in [4.69, 9.17) is 0 Å². The van der Waals surface area contributed by atoms with Gasteiger partial charge >= 0.3 is 0 Å². The van der Waals surface area contributed by atoms with Gasteiger partial charge in [-0.1, -0.05) is 240 Å². The van der Waals surface area contributed by atoms with E-state index in [1.807, 2.05) is 361 Å². The van der Waals surface area contributed by atoms with Gasteiger partial charge in [0.05, 0.1) is 0 Å². The molecule has 0 aliphatic heterocycles. The van der Waals surface area contributed by atoms with E-state index in [9.17, 15) is 0 Å². The molecule has 0 N–H and O–H groups in total. The maximum absolute atomic E-state index is 4.49. The van der Waals surface area contributed by atoms with E-state index in [1.54, 1.807) is 12.4 Å². The van der Waals surface area contributed by atoms with Gasteiger partial charge < -0.3 is 39.9 Å². The van der Waals surface area contributed by atoms with Crippen LogP contribution in [0.5, 0.6) is 0 Å². The molecule has 8 nitrogen and oxygen atoms in total. The Hall–Kier alpha value is -13.6. The van der Waals surface area contributed by atoms with Crippen molar-refractivity contribution >= 4 is 0 Å². The molecule has 0 aliphatic rings. The van der Waals surface area contributed by atoms with E-state index < -0.39 is 0 Å².